The van der Waals surface area contributed by atoms with Gasteiger partial charge in [0.1, 0.15) is 23.1 Å². The molecule has 10 nitrogen and oxygen atoms in total. The van der Waals surface area contributed by atoms with Crippen LogP contribution in [0.15, 0.2) is 52.5 Å². The fraction of sp³-hybridized carbons (Fsp3) is 0.567. The van der Waals surface area contributed by atoms with Crippen LogP contribution in [0.25, 0.3) is 0 Å². The minimum Gasteiger partial charge on any atom is -0.495 e. The lowest BCUT2D eigenvalue weighted by molar-refractivity contribution is 0.0916. The van der Waals surface area contributed by atoms with E-state index in [-0.39, 0.29) is 30.4 Å². The van der Waals surface area contributed by atoms with Gasteiger partial charge in [-0.2, -0.15) is 0 Å². The SMILES string of the molecule is C=C(N=C1/C(=C\N)N(C)C(=NC)C(C)(F)CN1C1CCCC1)Nc1ccc(C(=O)NC2CCN(C)CC2)cc1OC. The number of nitrogens with two attached hydrogens (primary N) is 1. The zero-order valence-electron chi connectivity index (χ0n) is 25.0. The van der Waals surface area contributed by atoms with Crippen LogP contribution in [0.1, 0.15) is 55.8 Å². The number of anilines is 1. The van der Waals surface area contributed by atoms with Crippen molar-refractivity contribution in [3.63, 3.8) is 0 Å². The van der Waals surface area contributed by atoms with Gasteiger partial charge in [-0.15, -0.1) is 0 Å². The summed E-state index contributed by atoms with van der Waals surface area (Å²) in [5.74, 6) is 1.51. The number of amidine groups is 2. The van der Waals surface area contributed by atoms with Crippen molar-refractivity contribution in [2.75, 3.05) is 53.2 Å². The molecule has 11 heteroatoms. The van der Waals surface area contributed by atoms with Crippen LogP contribution in [0.3, 0.4) is 0 Å². The second-order valence-electron chi connectivity index (χ2n) is 11.4. The number of rotatable bonds is 7. The Kier molecular flexibility index (Phi) is 9.57. The number of nitrogens with one attached hydrogen (secondary N) is 2. The summed E-state index contributed by atoms with van der Waals surface area (Å²) in [7, 11) is 6.99. The highest BCUT2D eigenvalue weighted by Gasteiger charge is 2.44. The van der Waals surface area contributed by atoms with Crippen molar-refractivity contribution in [1.82, 2.24) is 20.0 Å². The van der Waals surface area contributed by atoms with E-state index in [1.165, 1.54) is 6.20 Å². The zero-order valence-corrected chi connectivity index (χ0v) is 25.0. The minimum absolute atomic E-state index is 0.0997. The van der Waals surface area contributed by atoms with Crippen molar-refractivity contribution in [1.29, 1.82) is 0 Å². The normalized spacial score (nSPS) is 26.0. The predicted octanol–water partition coefficient (Wildman–Crippen LogP) is 3.55. The fourth-order valence-electron chi connectivity index (χ4n) is 6.10. The average molecular weight is 569 g/mol. The molecule has 1 saturated carbocycles. The molecule has 41 heavy (non-hydrogen) atoms. The molecule has 1 unspecified atom stereocenters. The Morgan fingerprint density at radius 3 is 2.51 bits per heavy atom. The van der Waals surface area contributed by atoms with E-state index in [0.717, 1.165) is 51.6 Å². The summed E-state index contributed by atoms with van der Waals surface area (Å²) in [4.78, 5) is 28.0. The van der Waals surface area contributed by atoms with Crippen LogP contribution in [-0.2, 0) is 0 Å². The Balaban J connectivity index is 1.58. The number of benzene rings is 1. The summed E-state index contributed by atoms with van der Waals surface area (Å²) in [5.41, 5.74) is 6.08. The van der Waals surface area contributed by atoms with E-state index in [1.807, 2.05) is 4.90 Å². The standard InChI is InChI=1S/C30H45FN8O2/c1-20(34-24-12-11-21(17-26(24)41-6)28(40)36-22-13-15-37(4)16-14-22)35-27-25(18-32)38(5)29(33-3)30(2,31)19-39(27)23-9-7-8-10-23/h11-12,17-18,22-23,34H,1,7-10,13-16,19,32H2,2-6H3,(H,36,40)/b25-18+,33-29?,35-27?. The molecule has 4 N–H and O–H groups in total. The van der Waals surface area contributed by atoms with Gasteiger partial charge in [-0.3, -0.25) is 9.79 Å². The number of alkyl halides is 1. The highest BCUT2D eigenvalue weighted by atomic mass is 19.1. The molecular weight excluding hydrogens is 523 g/mol. The van der Waals surface area contributed by atoms with Gasteiger partial charge in [-0.25, -0.2) is 9.38 Å². The van der Waals surface area contributed by atoms with Crippen molar-refractivity contribution < 1.29 is 13.9 Å². The Morgan fingerprint density at radius 2 is 1.90 bits per heavy atom. The van der Waals surface area contributed by atoms with Gasteiger partial charge < -0.3 is 35.8 Å². The van der Waals surface area contributed by atoms with Gasteiger partial charge in [0.25, 0.3) is 5.91 Å². The topological polar surface area (TPSA) is 111 Å². The molecule has 0 radical (unpaired) electrons. The zero-order chi connectivity index (χ0) is 29.7. The Hall–Kier alpha value is -3.60. The molecule has 2 aliphatic heterocycles. The first kappa shape index (κ1) is 30.4. The maximum Gasteiger partial charge on any atom is 0.251 e. The number of carbonyl (C=O) groups excluding carboxylic acids is 1. The van der Waals surface area contributed by atoms with Crippen LogP contribution in [0.4, 0.5) is 10.1 Å². The van der Waals surface area contributed by atoms with Gasteiger partial charge in [0.15, 0.2) is 11.5 Å². The number of methoxy groups -OCH3 is 1. The lowest BCUT2D eigenvalue weighted by Crippen LogP contribution is -2.48. The Morgan fingerprint density at radius 1 is 1.22 bits per heavy atom. The second-order valence-corrected chi connectivity index (χ2v) is 11.4. The maximum atomic E-state index is 16.1. The lowest BCUT2D eigenvalue weighted by Gasteiger charge is -2.33. The van der Waals surface area contributed by atoms with Crippen LogP contribution in [0.2, 0.25) is 0 Å². The Labute approximate surface area is 243 Å². The van der Waals surface area contributed by atoms with Gasteiger partial charge in [-0.1, -0.05) is 19.4 Å². The minimum atomic E-state index is -1.71. The van der Waals surface area contributed by atoms with Crippen molar-refractivity contribution in [3.8, 4) is 5.75 Å². The molecule has 0 spiro atoms. The Bertz CT molecular complexity index is 1210. The summed E-state index contributed by atoms with van der Waals surface area (Å²) in [6, 6.07) is 5.54. The molecule has 0 bridgehead atoms. The van der Waals surface area contributed by atoms with Gasteiger partial charge in [0.05, 0.1) is 19.3 Å². The van der Waals surface area contributed by atoms with Crippen LogP contribution < -0.4 is 21.1 Å². The molecule has 2 heterocycles. The molecule has 0 aromatic heterocycles. The molecule has 224 valence electrons. The molecule has 2 saturated heterocycles. The third-order valence-electron chi connectivity index (χ3n) is 8.29. The fourth-order valence-corrected chi connectivity index (χ4v) is 6.10. The van der Waals surface area contributed by atoms with Crippen molar-refractivity contribution in [2.45, 2.75) is 63.2 Å². The van der Waals surface area contributed by atoms with E-state index in [9.17, 15) is 4.79 Å². The van der Waals surface area contributed by atoms with Crippen molar-refractivity contribution in [3.05, 3.63) is 48.1 Å². The highest BCUT2D eigenvalue weighted by molar-refractivity contribution is 6.06. The molecule has 4 rings (SSSR count). The number of likely N-dealkylation sites (tertiary alicyclic amines) is 1. The number of carbonyl (C=O) groups is 1. The quantitative estimate of drug-likeness (QED) is 0.461. The van der Waals surface area contributed by atoms with Crippen LogP contribution in [0, 0.1) is 0 Å². The molecule has 1 aromatic rings. The molecule has 1 aromatic carbocycles. The third-order valence-corrected chi connectivity index (χ3v) is 8.29. The van der Waals surface area contributed by atoms with E-state index in [2.05, 4.69) is 34.2 Å². The van der Waals surface area contributed by atoms with Crippen LogP contribution >= 0.6 is 0 Å². The summed E-state index contributed by atoms with van der Waals surface area (Å²) in [6.07, 6.45) is 7.36. The number of hydrogen-bond donors (Lipinski definition) is 3. The van der Waals surface area contributed by atoms with E-state index < -0.39 is 5.67 Å². The summed E-state index contributed by atoms with van der Waals surface area (Å²) >= 11 is 0. The molecular formula is C30H45FN8O2. The number of amides is 1. The van der Waals surface area contributed by atoms with Gasteiger partial charge in [0, 0.05) is 37.9 Å². The van der Waals surface area contributed by atoms with Gasteiger partial charge in [0.2, 0.25) is 0 Å². The number of nitrogens with zero attached hydrogens (tertiary/aromatic N) is 5. The molecule has 3 aliphatic rings. The third kappa shape index (κ3) is 6.83. The van der Waals surface area contributed by atoms with E-state index in [0.29, 0.717) is 34.4 Å². The summed E-state index contributed by atoms with van der Waals surface area (Å²) < 4.78 is 21.7. The molecule has 1 amide bonds. The average Bonchev–Trinajstić information content (AvgIpc) is 3.46. The number of hydrogen-bond acceptors (Lipinski definition) is 7. The van der Waals surface area contributed by atoms with Crippen molar-refractivity contribution >= 4 is 23.3 Å². The smallest absolute Gasteiger partial charge is 0.251 e. The number of likely N-dealkylation sites (N-methyl/N-ethyl adjacent to an activating group) is 1. The number of piperidine rings is 1. The summed E-state index contributed by atoms with van der Waals surface area (Å²) in [5, 5.41) is 6.36. The highest BCUT2D eigenvalue weighted by Crippen LogP contribution is 2.33. The van der Waals surface area contributed by atoms with Crippen LogP contribution in [0.5, 0.6) is 5.75 Å². The number of ether oxygens (including phenoxy) is 1. The van der Waals surface area contributed by atoms with E-state index in [1.54, 1.807) is 51.2 Å². The largest absolute Gasteiger partial charge is 0.495 e. The number of halogens is 1. The molecule has 1 aliphatic carbocycles. The summed E-state index contributed by atoms with van der Waals surface area (Å²) in [6.45, 7) is 7.73. The van der Waals surface area contributed by atoms with E-state index in [4.69, 9.17) is 15.5 Å². The second kappa shape index (κ2) is 12.9. The number of aliphatic imine (C=N–C) groups is 2. The first-order valence-corrected chi connectivity index (χ1v) is 14.4. The lowest BCUT2D eigenvalue weighted by atomic mass is 10.0. The monoisotopic (exact) mass is 568 g/mol. The first-order chi connectivity index (χ1) is 19.6. The predicted molar refractivity (Wildman–Crippen MR) is 163 cm³/mol. The van der Waals surface area contributed by atoms with Crippen molar-refractivity contribution in [2.24, 2.45) is 15.7 Å². The van der Waals surface area contributed by atoms with E-state index >= 15 is 4.39 Å². The van der Waals surface area contributed by atoms with Crippen LogP contribution in [-0.4, -0.2) is 97.9 Å². The maximum absolute atomic E-state index is 16.1. The van der Waals surface area contributed by atoms with Gasteiger partial charge in [-0.05, 0) is 70.9 Å². The molecule has 1 atom stereocenters. The van der Waals surface area contributed by atoms with Gasteiger partial charge >= 0.3 is 0 Å². The first-order valence-electron chi connectivity index (χ1n) is 14.4. The molecule has 3 fully saturated rings.